The van der Waals surface area contributed by atoms with E-state index in [2.05, 4.69) is 20.7 Å². The second-order valence-corrected chi connectivity index (χ2v) is 7.07. The monoisotopic (exact) mass is 350 g/mol. The second kappa shape index (κ2) is 6.95. The lowest BCUT2D eigenvalue weighted by Gasteiger charge is -2.29. The molecule has 1 aliphatic carbocycles. The van der Waals surface area contributed by atoms with E-state index in [0.717, 1.165) is 54.0 Å². The van der Waals surface area contributed by atoms with Crippen LogP contribution in [0.3, 0.4) is 0 Å². The molecule has 0 aliphatic heterocycles. The minimum Gasteiger partial charge on any atom is -0.394 e. The Bertz CT molecular complexity index is 891. The van der Waals surface area contributed by atoms with Gasteiger partial charge in [-0.3, -0.25) is 4.98 Å². The van der Waals surface area contributed by atoms with Crippen LogP contribution < -0.4 is 16.1 Å². The molecule has 4 rings (SSSR count). The number of aliphatic hydroxyl groups is 1. The van der Waals surface area contributed by atoms with Crippen LogP contribution in [0.15, 0.2) is 36.8 Å². The van der Waals surface area contributed by atoms with Crippen LogP contribution in [-0.2, 0) is 6.54 Å². The maximum absolute atomic E-state index is 9.90. The smallest absolute Gasteiger partial charge is 0.153 e. The predicted molar refractivity (Wildman–Crippen MR) is 105 cm³/mol. The highest BCUT2D eigenvalue weighted by atomic mass is 16.3. The van der Waals surface area contributed by atoms with Gasteiger partial charge >= 0.3 is 0 Å². The Balaban J connectivity index is 1.65. The van der Waals surface area contributed by atoms with Crippen molar-refractivity contribution in [2.45, 2.75) is 37.8 Å². The lowest BCUT2D eigenvalue weighted by atomic mass is 9.99. The first kappa shape index (κ1) is 16.8. The van der Waals surface area contributed by atoms with E-state index in [-0.39, 0.29) is 12.1 Å². The molecule has 3 N–H and O–H groups in total. The van der Waals surface area contributed by atoms with Crippen LogP contribution in [0.2, 0.25) is 0 Å². The first-order valence-electron chi connectivity index (χ1n) is 9.06. The van der Waals surface area contributed by atoms with Gasteiger partial charge in [0.05, 0.1) is 12.1 Å². The van der Waals surface area contributed by atoms with E-state index in [4.69, 9.17) is 4.98 Å². The van der Waals surface area contributed by atoms with E-state index < -0.39 is 0 Å². The molecule has 3 aromatic heterocycles. The van der Waals surface area contributed by atoms with E-state index >= 15 is 0 Å². The van der Waals surface area contributed by atoms with Gasteiger partial charge in [0.25, 0.3) is 0 Å². The molecular formula is C18H23BN6O. The van der Waals surface area contributed by atoms with Gasteiger partial charge in [0.1, 0.15) is 19.5 Å². The number of rotatable bonds is 6. The Morgan fingerprint density at radius 2 is 2.12 bits per heavy atom. The third-order valence-electron chi connectivity index (χ3n) is 5.10. The molecule has 3 heterocycles. The molecule has 0 saturated heterocycles. The molecule has 0 atom stereocenters. The summed E-state index contributed by atoms with van der Waals surface area (Å²) in [5.41, 5.74) is 2.66. The van der Waals surface area contributed by atoms with Crippen molar-refractivity contribution in [2.75, 3.05) is 17.2 Å². The number of hydrogen-bond donors (Lipinski definition) is 3. The minimum absolute atomic E-state index is 0.122. The fraction of sp³-hybridized carbons (Fsp3) is 0.389. The van der Waals surface area contributed by atoms with Gasteiger partial charge in [0.2, 0.25) is 0 Å². The number of nitrogens with zero attached hydrogens (tertiary/aromatic N) is 4. The van der Waals surface area contributed by atoms with Crippen LogP contribution in [0.25, 0.3) is 5.65 Å². The van der Waals surface area contributed by atoms with Gasteiger partial charge in [-0.1, -0.05) is 18.9 Å². The molecule has 7 nitrogen and oxygen atoms in total. The molecule has 1 saturated carbocycles. The zero-order valence-electron chi connectivity index (χ0n) is 14.9. The number of pyridine rings is 1. The number of fused-ring (bicyclic) bond motifs is 1. The van der Waals surface area contributed by atoms with Gasteiger partial charge in [-0.25, -0.2) is 4.98 Å². The first-order chi connectivity index (χ1) is 12.7. The average Bonchev–Trinajstić information content (AvgIpc) is 3.29. The highest BCUT2D eigenvalue weighted by Gasteiger charge is 2.33. The molecule has 134 valence electrons. The van der Waals surface area contributed by atoms with E-state index in [9.17, 15) is 5.11 Å². The van der Waals surface area contributed by atoms with E-state index in [1.54, 1.807) is 6.20 Å². The van der Waals surface area contributed by atoms with Crippen molar-refractivity contribution < 1.29 is 5.11 Å². The molecule has 26 heavy (non-hydrogen) atoms. The summed E-state index contributed by atoms with van der Waals surface area (Å²) in [6.07, 6.45) is 9.63. The maximum Gasteiger partial charge on any atom is 0.153 e. The van der Waals surface area contributed by atoms with Crippen molar-refractivity contribution in [2.24, 2.45) is 0 Å². The highest BCUT2D eigenvalue weighted by Crippen LogP contribution is 2.32. The predicted octanol–water partition coefficient (Wildman–Crippen LogP) is 0.712. The van der Waals surface area contributed by atoms with Gasteiger partial charge in [0.15, 0.2) is 5.65 Å². The Morgan fingerprint density at radius 3 is 2.85 bits per heavy atom. The number of hydrogen-bond acceptors (Lipinski definition) is 6. The molecule has 0 radical (unpaired) electrons. The maximum atomic E-state index is 9.90. The molecule has 0 aromatic carbocycles. The summed E-state index contributed by atoms with van der Waals surface area (Å²) < 4.78 is 1.82. The summed E-state index contributed by atoms with van der Waals surface area (Å²) in [5.74, 6) is 1.63. The second-order valence-electron chi connectivity index (χ2n) is 7.07. The van der Waals surface area contributed by atoms with Crippen LogP contribution >= 0.6 is 0 Å². The molecule has 8 heteroatoms. The normalized spacial score (nSPS) is 16.0. The highest BCUT2D eigenvalue weighted by molar-refractivity contribution is 6.36. The van der Waals surface area contributed by atoms with Crippen LogP contribution in [-0.4, -0.2) is 44.7 Å². The SMILES string of the molecule is Bc1cnn2c(NCc3cccnc3)cc(NC3(CO)CCCC3)nc12. The fourth-order valence-corrected chi connectivity index (χ4v) is 3.60. The van der Waals surface area contributed by atoms with Crippen LogP contribution in [0, 0.1) is 0 Å². The molecule has 0 bridgehead atoms. The van der Waals surface area contributed by atoms with Crippen molar-refractivity contribution in [1.29, 1.82) is 0 Å². The van der Waals surface area contributed by atoms with E-state index in [1.807, 2.05) is 43.0 Å². The molecule has 3 aromatic rings. The van der Waals surface area contributed by atoms with Gasteiger partial charge in [-0.2, -0.15) is 9.61 Å². The molecule has 1 aliphatic rings. The van der Waals surface area contributed by atoms with Crippen molar-refractivity contribution in [1.82, 2.24) is 19.6 Å². The zero-order valence-corrected chi connectivity index (χ0v) is 14.9. The van der Waals surface area contributed by atoms with Gasteiger partial charge in [-0.15, -0.1) is 0 Å². The summed E-state index contributed by atoms with van der Waals surface area (Å²) >= 11 is 0. The fourth-order valence-electron chi connectivity index (χ4n) is 3.60. The minimum atomic E-state index is -0.264. The zero-order chi connectivity index (χ0) is 18.0. The van der Waals surface area contributed by atoms with Crippen molar-refractivity contribution in [3.05, 3.63) is 42.4 Å². The third kappa shape index (κ3) is 3.24. The quantitative estimate of drug-likeness (QED) is 0.568. The van der Waals surface area contributed by atoms with Gasteiger partial charge < -0.3 is 15.7 Å². The Labute approximate surface area is 153 Å². The summed E-state index contributed by atoms with van der Waals surface area (Å²) in [7, 11) is 2.00. The number of aromatic nitrogens is 4. The van der Waals surface area contributed by atoms with Crippen molar-refractivity contribution >= 4 is 30.6 Å². The van der Waals surface area contributed by atoms with Crippen molar-refractivity contribution in [3.8, 4) is 0 Å². The van der Waals surface area contributed by atoms with E-state index in [0.29, 0.717) is 6.54 Å². The molecular weight excluding hydrogens is 327 g/mol. The average molecular weight is 350 g/mol. The molecule has 0 amide bonds. The molecule has 0 unspecified atom stereocenters. The Hall–Kier alpha value is -2.61. The molecule has 1 fully saturated rings. The van der Waals surface area contributed by atoms with Crippen LogP contribution in [0.5, 0.6) is 0 Å². The van der Waals surface area contributed by atoms with Gasteiger partial charge in [0, 0.05) is 31.2 Å². The third-order valence-corrected chi connectivity index (χ3v) is 5.10. The number of aliphatic hydroxyl groups excluding tert-OH is 1. The first-order valence-corrected chi connectivity index (χ1v) is 9.06. The van der Waals surface area contributed by atoms with E-state index in [1.165, 1.54) is 0 Å². The lowest BCUT2D eigenvalue weighted by molar-refractivity contribution is 0.214. The number of nitrogens with one attached hydrogen (secondary N) is 2. The Kier molecular flexibility index (Phi) is 4.50. The van der Waals surface area contributed by atoms with Crippen molar-refractivity contribution in [3.63, 3.8) is 0 Å². The number of anilines is 2. The van der Waals surface area contributed by atoms with Crippen LogP contribution in [0.4, 0.5) is 11.6 Å². The summed E-state index contributed by atoms with van der Waals surface area (Å²) in [5, 5.41) is 21.3. The summed E-state index contributed by atoms with van der Waals surface area (Å²) in [4.78, 5) is 8.89. The Morgan fingerprint density at radius 1 is 1.27 bits per heavy atom. The summed E-state index contributed by atoms with van der Waals surface area (Å²) in [6.45, 7) is 0.771. The largest absolute Gasteiger partial charge is 0.394 e. The van der Waals surface area contributed by atoms with Crippen LogP contribution in [0.1, 0.15) is 31.2 Å². The summed E-state index contributed by atoms with van der Waals surface area (Å²) in [6, 6.07) is 5.92. The topological polar surface area (TPSA) is 87.4 Å². The standard InChI is InChI=1S/C18H23BN6O/c19-14-11-22-25-16(21-10-13-4-3-7-20-9-13)8-15(23-17(14)25)24-18(12-26)5-1-2-6-18/h3-4,7-9,11,21,26H,1-2,5-6,10,12,19H2,(H,23,24). The lowest BCUT2D eigenvalue weighted by Crippen LogP contribution is -2.39. The molecule has 0 spiro atoms. The van der Waals surface area contributed by atoms with Gasteiger partial charge in [-0.05, 0) is 29.9 Å².